The number of carbonyl (C=O) groups is 1. The van der Waals surface area contributed by atoms with E-state index in [0.29, 0.717) is 29.7 Å². The van der Waals surface area contributed by atoms with Gasteiger partial charge in [0.2, 0.25) is 5.91 Å². The van der Waals surface area contributed by atoms with Gasteiger partial charge in [-0.25, -0.2) is 23.4 Å². The number of piperazine rings is 1. The number of halogens is 1. The van der Waals surface area contributed by atoms with E-state index in [1.54, 1.807) is 22.0 Å². The van der Waals surface area contributed by atoms with Crippen molar-refractivity contribution >= 4 is 22.8 Å². The van der Waals surface area contributed by atoms with E-state index in [-0.39, 0.29) is 60.2 Å². The zero-order valence-corrected chi connectivity index (χ0v) is 24.7. The molecular formula is C31H31FN10O2. The maximum Gasteiger partial charge on any atom is 0.355 e. The van der Waals surface area contributed by atoms with Crippen LogP contribution in [0, 0.1) is 17.1 Å². The highest BCUT2D eigenvalue weighted by molar-refractivity contribution is 5.91. The number of aromatic nitrogens is 7. The first-order valence-corrected chi connectivity index (χ1v) is 14.4. The lowest BCUT2D eigenvalue weighted by Crippen LogP contribution is -2.59. The third kappa shape index (κ3) is 4.92. The van der Waals surface area contributed by atoms with E-state index in [1.165, 1.54) is 16.7 Å². The Bertz CT molecular complexity index is 1920. The van der Waals surface area contributed by atoms with Crippen molar-refractivity contribution in [3.05, 3.63) is 76.9 Å². The fraction of sp³-hybridized carbons (Fsp3) is 0.355. The van der Waals surface area contributed by atoms with Crippen LogP contribution in [0.4, 0.5) is 10.2 Å². The van der Waals surface area contributed by atoms with E-state index >= 15 is 4.39 Å². The van der Waals surface area contributed by atoms with E-state index in [4.69, 9.17) is 4.98 Å². The van der Waals surface area contributed by atoms with Crippen LogP contribution in [0.3, 0.4) is 0 Å². The van der Waals surface area contributed by atoms with Crippen LogP contribution in [0.15, 0.2) is 54.1 Å². The Kier molecular flexibility index (Phi) is 7.50. The molecule has 13 heteroatoms. The van der Waals surface area contributed by atoms with E-state index in [9.17, 15) is 14.9 Å². The van der Waals surface area contributed by atoms with Gasteiger partial charge in [-0.3, -0.25) is 9.78 Å². The molecule has 1 amide bonds. The Morgan fingerprint density at radius 1 is 1.27 bits per heavy atom. The van der Waals surface area contributed by atoms with E-state index < -0.39 is 17.5 Å². The number of carbonyl (C=O) groups excluding carboxylic acids is 1. The normalized spacial score (nSPS) is 18.7. The van der Waals surface area contributed by atoms with Crippen LogP contribution >= 0.6 is 0 Å². The Labute approximate surface area is 252 Å². The molecule has 0 aromatic carbocycles. The number of allylic oxidation sites excluding steroid dienone is 2. The van der Waals surface area contributed by atoms with Gasteiger partial charge < -0.3 is 9.80 Å². The minimum Gasteiger partial charge on any atom is -0.349 e. The average molecular weight is 595 g/mol. The SMILES string of the molecule is C=CC(=O)N1CC(C)N(c2nc(=O)n3c4nc(c(F)cc24)-c2cn(nn2)C/C=C\Cc2ccnc(C(C)C)c2-3)CC1CC#N. The zero-order chi connectivity index (χ0) is 31.1. The molecule has 2 atom stereocenters. The van der Waals surface area contributed by atoms with Crippen molar-refractivity contribution in [1.82, 2.24) is 39.4 Å². The highest BCUT2D eigenvalue weighted by atomic mass is 19.1. The Balaban J connectivity index is 1.65. The number of nitriles is 1. The summed E-state index contributed by atoms with van der Waals surface area (Å²) in [5, 5.41) is 18.1. The predicted octanol–water partition coefficient (Wildman–Crippen LogP) is 3.31. The van der Waals surface area contributed by atoms with Crippen molar-refractivity contribution in [2.75, 3.05) is 18.0 Å². The molecule has 2 aliphatic heterocycles. The minimum atomic E-state index is -0.652. The van der Waals surface area contributed by atoms with Crippen molar-refractivity contribution in [3.8, 4) is 23.1 Å². The van der Waals surface area contributed by atoms with Gasteiger partial charge in [0, 0.05) is 25.3 Å². The average Bonchev–Trinajstić information content (AvgIpc) is 3.48. The molecule has 12 nitrogen and oxygen atoms in total. The van der Waals surface area contributed by atoms with Crippen molar-refractivity contribution in [1.29, 1.82) is 5.26 Å². The van der Waals surface area contributed by atoms with Gasteiger partial charge in [0.25, 0.3) is 0 Å². The molecular weight excluding hydrogens is 563 g/mol. The summed E-state index contributed by atoms with van der Waals surface area (Å²) in [7, 11) is 0. The van der Waals surface area contributed by atoms with Crippen LogP contribution in [0.5, 0.6) is 0 Å². The highest BCUT2D eigenvalue weighted by Crippen LogP contribution is 2.34. The summed E-state index contributed by atoms with van der Waals surface area (Å²) in [4.78, 5) is 44.2. The molecule has 0 spiro atoms. The number of anilines is 1. The monoisotopic (exact) mass is 594 g/mol. The predicted molar refractivity (Wildman–Crippen MR) is 162 cm³/mol. The molecule has 1 saturated heterocycles. The van der Waals surface area contributed by atoms with Gasteiger partial charge >= 0.3 is 5.69 Å². The summed E-state index contributed by atoms with van der Waals surface area (Å²) in [5.74, 6) is -0.760. The number of rotatable bonds is 4. The molecule has 2 aliphatic rings. The quantitative estimate of drug-likeness (QED) is 0.257. The number of pyridine rings is 2. The first-order chi connectivity index (χ1) is 21.2. The van der Waals surface area contributed by atoms with Gasteiger partial charge in [0.1, 0.15) is 17.2 Å². The lowest BCUT2D eigenvalue weighted by atomic mass is 10.0. The topological polar surface area (TPSA) is 139 Å². The molecule has 0 N–H and O–H groups in total. The first-order valence-electron chi connectivity index (χ1n) is 14.4. The standard InChI is InChI=1S/C31H31FN10O2/c1-5-25(43)41-15-19(4)40(16-21(41)9-11-33)29-22-14-23(32)27-24-17-39(38-37-24)13-7-6-8-20-10-12-34-26(18(2)3)28(20)42(30(22)35-27)31(44)36-29/h5-7,10,12,14,17-19,21H,1,8-9,13,15-16H2,2-4H3/b7-6-. The molecule has 4 aromatic rings. The summed E-state index contributed by atoms with van der Waals surface area (Å²) in [5.41, 5.74) is 1.84. The molecule has 0 saturated carbocycles. The molecule has 1 fully saturated rings. The summed E-state index contributed by atoms with van der Waals surface area (Å²) in [6, 6.07) is 4.53. The van der Waals surface area contributed by atoms with E-state index in [1.807, 2.05) is 43.9 Å². The number of fused-ring (bicyclic) bond motifs is 6. The molecule has 2 unspecified atom stereocenters. The van der Waals surface area contributed by atoms with E-state index in [0.717, 1.165) is 5.56 Å². The Morgan fingerprint density at radius 3 is 2.84 bits per heavy atom. The lowest BCUT2D eigenvalue weighted by Gasteiger charge is -2.45. The van der Waals surface area contributed by atoms with Crippen LogP contribution in [-0.2, 0) is 17.8 Å². The molecule has 6 rings (SSSR count). The summed E-state index contributed by atoms with van der Waals surface area (Å²) >= 11 is 0. The van der Waals surface area contributed by atoms with Gasteiger partial charge in [0.15, 0.2) is 11.5 Å². The molecule has 4 aromatic heterocycles. The maximum absolute atomic E-state index is 16.0. The molecule has 0 aliphatic carbocycles. The third-order valence-electron chi connectivity index (χ3n) is 8.08. The number of amides is 1. The molecule has 224 valence electrons. The minimum absolute atomic E-state index is 0.0490. The second-order valence-electron chi connectivity index (χ2n) is 11.3. The highest BCUT2D eigenvalue weighted by Gasteiger charge is 2.36. The van der Waals surface area contributed by atoms with Crippen LogP contribution < -0.4 is 10.6 Å². The first kappa shape index (κ1) is 28.9. The van der Waals surface area contributed by atoms with Gasteiger partial charge in [-0.2, -0.15) is 10.2 Å². The van der Waals surface area contributed by atoms with Crippen molar-refractivity contribution < 1.29 is 9.18 Å². The Morgan fingerprint density at radius 2 is 2.09 bits per heavy atom. The molecule has 44 heavy (non-hydrogen) atoms. The molecule has 0 radical (unpaired) electrons. The molecule has 4 bridgehead atoms. The second-order valence-corrected chi connectivity index (χ2v) is 11.3. The number of hydrogen-bond acceptors (Lipinski definition) is 9. The van der Waals surface area contributed by atoms with Crippen LogP contribution in [0.2, 0.25) is 0 Å². The van der Waals surface area contributed by atoms with Gasteiger partial charge in [-0.15, -0.1) is 5.10 Å². The van der Waals surface area contributed by atoms with Gasteiger partial charge in [-0.1, -0.05) is 37.8 Å². The second kappa shape index (κ2) is 11.4. The van der Waals surface area contributed by atoms with Crippen LogP contribution in [-0.4, -0.2) is 70.5 Å². The smallest absolute Gasteiger partial charge is 0.349 e. The lowest BCUT2D eigenvalue weighted by molar-refractivity contribution is -0.129. The van der Waals surface area contributed by atoms with E-state index in [2.05, 4.69) is 32.9 Å². The number of hydrogen-bond donors (Lipinski definition) is 0. The van der Waals surface area contributed by atoms with Crippen molar-refractivity contribution in [3.63, 3.8) is 0 Å². The zero-order valence-electron chi connectivity index (χ0n) is 24.7. The summed E-state index contributed by atoms with van der Waals surface area (Å²) in [6.45, 7) is 10.4. The van der Waals surface area contributed by atoms with Gasteiger partial charge in [0.05, 0.1) is 48.0 Å². The van der Waals surface area contributed by atoms with Crippen molar-refractivity contribution in [2.24, 2.45) is 0 Å². The maximum atomic E-state index is 16.0. The van der Waals surface area contributed by atoms with Gasteiger partial charge in [-0.05, 0) is 43.0 Å². The fourth-order valence-electron chi connectivity index (χ4n) is 5.95. The summed E-state index contributed by atoms with van der Waals surface area (Å²) < 4.78 is 19.0. The van der Waals surface area contributed by atoms with Crippen LogP contribution in [0.25, 0.3) is 28.1 Å². The summed E-state index contributed by atoms with van der Waals surface area (Å²) in [6.07, 6.45) is 9.04. The third-order valence-corrected chi connectivity index (χ3v) is 8.08. The van der Waals surface area contributed by atoms with Crippen molar-refractivity contribution in [2.45, 2.75) is 58.2 Å². The Hall–Kier alpha value is -5.25. The van der Waals surface area contributed by atoms with Crippen LogP contribution in [0.1, 0.15) is 44.4 Å². The molecule has 6 heterocycles. The number of nitrogens with zero attached hydrogens (tertiary/aromatic N) is 10. The largest absolute Gasteiger partial charge is 0.355 e. The fourth-order valence-corrected chi connectivity index (χ4v) is 5.95.